The molecule has 1 saturated heterocycles. The highest BCUT2D eigenvalue weighted by Gasteiger charge is 2.14. The van der Waals surface area contributed by atoms with Crippen LogP contribution in [0.15, 0.2) is 24.3 Å². The monoisotopic (exact) mass is 290 g/mol. The molecule has 0 spiro atoms. The van der Waals surface area contributed by atoms with Gasteiger partial charge in [-0.2, -0.15) is 0 Å². The molecule has 2 rings (SSSR count). The third-order valence-corrected chi connectivity index (χ3v) is 3.87. The number of carboxylic acids is 1. The number of hydrogen-bond acceptors (Lipinski definition) is 3. The van der Waals surface area contributed by atoms with Gasteiger partial charge < -0.3 is 15.7 Å². The van der Waals surface area contributed by atoms with Crippen molar-refractivity contribution in [3.05, 3.63) is 35.4 Å². The maximum Gasteiger partial charge on any atom is 0.335 e. The summed E-state index contributed by atoms with van der Waals surface area (Å²) in [5, 5.41) is 15.0. The SMILES string of the molecule is O=C(CCC1CCCNC1)NCc1ccc(C(=O)O)cc1. The van der Waals surface area contributed by atoms with Crippen LogP contribution in [0, 0.1) is 5.92 Å². The third kappa shape index (κ3) is 5.19. The van der Waals surface area contributed by atoms with Gasteiger partial charge in [0.15, 0.2) is 0 Å². The molecule has 114 valence electrons. The predicted molar refractivity (Wildman–Crippen MR) is 80.1 cm³/mol. The molecule has 0 bridgehead atoms. The molecule has 5 nitrogen and oxygen atoms in total. The highest BCUT2D eigenvalue weighted by molar-refractivity contribution is 5.87. The van der Waals surface area contributed by atoms with Crippen molar-refractivity contribution in [1.29, 1.82) is 0 Å². The van der Waals surface area contributed by atoms with Crippen molar-refractivity contribution in [3.63, 3.8) is 0 Å². The summed E-state index contributed by atoms with van der Waals surface area (Å²) in [6.07, 6.45) is 3.88. The predicted octanol–water partition coefficient (Wildman–Crippen LogP) is 1.78. The minimum Gasteiger partial charge on any atom is -0.478 e. The van der Waals surface area contributed by atoms with Gasteiger partial charge in [-0.25, -0.2) is 4.79 Å². The summed E-state index contributed by atoms with van der Waals surface area (Å²) in [6.45, 7) is 2.56. The van der Waals surface area contributed by atoms with E-state index in [0.717, 1.165) is 25.1 Å². The molecule has 1 unspecified atom stereocenters. The number of carbonyl (C=O) groups excluding carboxylic acids is 1. The van der Waals surface area contributed by atoms with Crippen molar-refractivity contribution in [3.8, 4) is 0 Å². The number of rotatable bonds is 6. The second-order valence-electron chi connectivity index (χ2n) is 5.53. The molecule has 0 aliphatic carbocycles. The van der Waals surface area contributed by atoms with Gasteiger partial charge in [-0.3, -0.25) is 4.79 Å². The Morgan fingerprint density at radius 1 is 1.29 bits per heavy atom. The lowest BCUT2D eigenvalue weighted by Crippen LogP contribution is -2.31. The molecule has 1 atom stereocenters. The van der Waals surface area contributed by atoms with E-state index in [2.05, 4.69) is 10.6 Å². The quantitative estimate of drug-likeness (QED) is 0.746. The van der Waals surface area contributed by atoms with Gasteiger partial charge in [-0.1, -0.05) is 12.1 Å². The zero-order chi connectivity index (χ0) is 15.1. The molecule has 1 aromatic carbocycles. The molecule has 1 aromatic rings. The number of amides is 1. The van der Waals surface area contributed by atoms with Crippen molar-refractivity contribution in [1.82, 2.24) is 10.6 Å². The summed E-state index contributed by atoms with van der Waals surface area (Å²) < 4.78 is 0. The maximum atomic E-state index is 11.8. The number of carbonyl (C=O) groups is 2. The average molecular weight is 290 g/mol. The largest absolute Gasteiger partial charge is 0.478 e. The molecule has 21 heavy (non-hydrogen) atoms. The van der Waals surface area contributed by atoms with E-state index < -0.39 is 5.97 Å². The normalized spacial score (nSPS) is 18.2. The number of benzene rings is 1. The van der Waals surface area contributed by atoms with Crippen LogP contribution in [0.4, 0.5) is 0 Å². The fourth-order valence-corrected chi connectivity index (χ4v) is 2.56. The first-order valence-corrected chi connectivity index (χ1v) is 7.45. The molecule has 0 aromatic heterocycles. The van der Waals surface area contributed by atoms with E-state index in [-0.39, 0.29) is 11.5 Å². The van der Waals surface area contributed by atoms with Gasteiger partial charge in [-0.15, -0.1) is 0 Å². The molecular weight excluding hydrogens is 268 g/mol. The van der Waals surface area contributed by atoms with Gasteiger partial charge in [0.1, 0.15) is 0 Å². The van der Waals surface area contributed by atoms with Gasteiger partial charge in [0.2, 0.25) is 5.91 Å². The Kier molecular flexibility index (Phi) is 5.75. The Labute approximate surface area is 124 Å². The molecule has 3 N–H and O–H groups in total. The minimum absolute atomic E-state index is 0.0582. The summed E-state index contributed by atoms with van der Waals surface area (Å²) in [7, 11) is 0. The summed E-state index contributed by atoms with van der Waals surface area (Å²) in [6, 6.07) is 6.57. The second kappa shape index (κ2) is 7.78. The van der Waals surface area contributed by atoms with Gasteiger partial charge in [0.05, 0.1) is 5.56 Å². The fourth-order valence-electron chi connectivity index (χ4n) is 2.56. The molecule has 1 amide bonds. The number of hydrogen-bond donors (Lipinski definition) is 3. The summed E-state index contributed by atoms with van der Waals surface area (Å²) in [4.78, 5) is 22.5. The van der Waals surface area contributed by atoms with Crippen LogP contribution in [-0.4, -0.2) is 30.1 Å². The van der Waals surface area contributed by atoms with E-state index >= 15 is 0 Å². The third-order valence-electron chi connectivity index (χ3n) is 3.87. The van der Waals surface area contributed by atoms with Crippen LogP contribution in [0.3, 0.4) is 0 Å². The van der Waals surface area contributed by atoms with Crippen molar-refractivity contribution in [2.45, 2.75) is 32.2 Å². The minimum atomic E-state index is -0.938. The van der Waals surface area contributed by atoms with E-state index in [0.29, 0.717) is 18.9 Å². The molecule has 0 radical (unpaired) electrons. The number of piperidine rings is 1. The maximum absolute atomic E-state index is 11.8. The first-order valence-electron chi connectivity index (χ1n) is 7.45. The number of carboxylic acid groups (broad SMARTS) is 1. The standard InChI is InChI=1S/C16H22N2O3/c19-15(8-5-12-2-1-9-17-10-12)18-11-13-3-6-14(7-4-13)16(20)21/h3-4,6-7,12,17H,1-2,5,8-11H2,(H,18,19)(H,20,21). The van der Waals surface area contributed by atoms with Crippen molar-refractivity contribution < 1.29 is 14.7 Å². The Bertz CT molecular complexity index is 479. The van der Waals surface area contributed by atoms with Gasteiger partial charge in [0.25, 0.3) is 0 Å². The average Bonchev–Trinajstić information content (AvgIpc) is 2.52. The van der Waals surface area contributed by atoms with E-state index in [9.17, 15) is 9.59 Å². The van der Waals surface area contributed by atoms with Crippen molar-refractivity contribution in [2.75, 3.05) is 13.1 Å². The topological polar surface area (TPSA) is 78.4 Å². The number of nitrogens with one attached hydrogen (secondary N) is 2. The van der Waals surface area contributed by atoms with Crippen LogP contribution < -0.4 is 10.6 Å². The molecule has 0 saturated carbocycles. The van der Waals surface area contributed by atoms with Crippen molar-refractivity contribution in [2.24, 2.45) is 5.92 Å². The van der Waals surface area contributed by atoms with E-state index in [4.69, 9.17) is 5.11 Å². The summed E-state index contributed by atoms with van der Waals surface area (Å²) >= 11 is 0. The van der Waals surface area contributed by atoms with Gasteiger partial charge in [0, 0.05) is 13.0 Å². The van der Waals surface area contributed by atoms with Crippen LogP contribution in [0.5, 0.6) is 0 Å². The van der Waals surface area contributed by atoms with Crippen LogP contribution in [0.25, 0.3) is 0 Å². The smallest absolute Gasteiger partial charge is 0.335 e. The Morgan fingerprint density at radius 2 is 2.05 bits per heavy atom. The first-order chi connectivity index (χ1) is 10.1. The first kappa shape index (κ1) is 15.5. The van der Waals surface area contributed by atoms with E-state index in [1.54, 1.807) is 24.3 Å². The lowest BCUT2D eigenvalue weighted by molar-refractivity contribution is -0.121. The Hall–Kier alpha value is -1.88. The molecule has 1 aliphatic heterocycles. The fraction of sp³-hybridized carbons (Fsp3) is 0.500. The summed E-state index contributed by atoms with van der Waals surface area (Å²) in [5.74, 6) is -0.270. The van der Waals surface area contributed by atoms with Gasteiger partial charge in [-0.05, 0) is 56.0 Å². The Morgan fingerprint density at radius 3 is 2.67 bits per heavy atom. The molecule has 1 fully saturated rings. The highest BCUT2D eigenvalue weighted by Crippen LogP contribution is 2.15. The zero-order valence-electron chi connectivity index (χ0n) is 12.1. The Balaban J connectivity index is 1.69. The van der Waals surface area contributed by atoms with Crippen LogP contribution in [-0.2, 0) is 11.3 Å². The zero-order valence-corrected chi connectivity index (χ0v) is 12.1. The van der Waals surface area contributed by atoms with E-state index in [1.165, 1.54) is 12.8 Å². The lowest BCUT2D eigenvalue weighted by Gasteiger charge is -2.22. The van der Waals surface area contributed by atoms with Gasteiger partial charge >= 0.3 is 5.97 Å². The van der Waals surface area contributed by atoms with Crippen molar-refractivity contribution >= 4 is 11.9 Å². The molecular formula is C16H22N2O3. The molecule has 1 aliphatic rings. The van der Waals surface area contributed by atoms with Crippen LogP contribution >= 0.6 is 0 Å². The summed E-state index contributed by atoms with van der Waals surface area (Å²) in [5.41, 5.74) is 1.17. The highest BCUT2D eigenvalue weighted by atomic mass is 16.4. The van der Waals surface area contributed by atoms with Crippen LogP contribution in [0.2, 0.25) is 0 Å². The molecule has 1 heterocycles. The number of aromatic carboxylic acids is 1. The molecule has 5 heteroatoms. The van der Waals surface area contributed by atoms with E-state index in [1.807, 2.05) is 0 Å². The second-order valence-corrected chi connectivity index (χ2v) is 5.53. The van der Waals surface area contributed by atoms with Crippen LogP contribution in [0.1, 0.15) is 41.6 Å². The lowest BCUT2D eigenvalue weighted by atomic mass is 9.94.